The van der Waals surface area contributed by atoms with Crippen LogP contribution in [0.5, 0.6) is 5.75 Å². The monoisotopic (exact) mass is 334 g/mol. The van der Waals surface area contributed by atoms with Gasteiger partial charge in [0.15, 0.2) is 6.10 Å². The summed E-state index contributed by atoms with van der Waals surface area (Å²) >= 11 is 3.27. The summed E-state index contributed by atoms with van der Waals surface area (Å²) in [6.07, 6.45) is -0.0153. The lowest BCUT2D eigenvalue weighted by Crippen LogP contribution is -2.12. The van der Waals surface area contributed by atoms with Gasteiger partial charge in [-0.25, -0.2) is 0 Å². The van der Waals surface area contributed by atoms with Crippen molar-refractivity contribution < 1.29 is 10.2 Å². The molecule has 0 fully saturated rings. The first kappa shape index (κ1) is 16.2. The van der Waals surface area contributed by atoms with Crippen molar-refractivity contribution in [3.05, 3.63) is 33.3 Å². The van der Waals surface area contributed by atoms with Crippen molar-refractivity contribution in [1.29, 1.82) is 10.5 Å². The lowest BCUT2D eigenvalue weighted by molar-refractivity contribution is 0.271. The Hall–Kier alpha value is -1.82. The van der Waals surface area contributed by atoms with Crippen molar-refractivity contribution in [2.45, 2.75) is 32.3 Å². The van der Waals surface area contributed by atoms with Crippen molar-refractivity contribution in [3.8, 4) is 17.9 Å². The molecule has 0 radical (unpaired) electrons. The predicted molar refractivity (Wildman–Crippen MR) is 79.7 cm³/mol. The van der Waals surface area contributed by atoms with Crippen LogP contribution in [0.25, 0.3) is 6.08 Å². The van der Waals surface area contributed by atoms with Gasteiger partial charge in [0, 0.05) is 5.56 Å². The van der Waals surface area contributed by atoms with Crippen LogP contribution in [0.3, 0.4) is 0 Å². The minimum Gasteiger partial charge on any atom is -0.506 e. The van der Waals surface area contributed by atoms with E-state index in [1.165, 1.54) is 6.08 Å². The van der Waals surface area contributed by atoms with Gasteiger partial charge < -0.3 is 10.2 Å². The number of hydrogen-bond donors (Lipinski definition) is 2. The molecule has 20 heavy (non-hydrogen) atoms. The molecule has 1 aromatic carbocycles. The highest BCUT2D eigenvalue weighted by Gasteiger charge is 2.20. The molecule has 5 heteroatoms. The van der Waals surface area contributed by atoms with Crippen LogP contribution in [0.15, 0.2) is 22.2 Å². The van der Waals surface area contributed by atoms with Gasteiger partial charge in [0.05, 0.1) is 22.2 Å². The molecule has 2 N–H and O–H groups in total. The molecule has 0 bridgehead atoms. The molecule has 0 amide bonds. The highest BCUT2D eigenvalue weighted by Crippen LogP contribution is 2.37. The second-order valence-electron chi connectivity index (χ2n) is 5.39. The third-order valence-electron chi connectivity index (χ3n) is 2.76. The summed E-state index contributed by atoms with van der Waals surface area (Å²) in [6, 6.07) is 6.78. The quantitative estimate of drug-likeness (QED) is 0.641. The number of nitrogens with zero attached hydrogens (tertiary/aromatic N) is 2. The van der Waals surface area contributed by atoms with Crippen molar-refractivity contribution in [1.82, 2.24) is 0 Å². The molecule has 0 aliphatic rings. The van der Waals surface area contributed by atoms with Crippen molar-refractivity contribution in [3.63, 3.8) is 0 Å². The number of rotatable bonds is 2. The molecule has 4 nitrogen and oxygen atoms in total. The number of phenols is 1. The SMILES string of the molecule is CC(C)(C)c1cc(/C=C(\C#N)C(O)C#N)cc(Br)c1O. The van der Waals surface area contributed by atoms with Gasteiger partial charge in [0.2, 0.25) is 0 Å². The van der Waals surface area contributed by atoms with Gasteiger partial charge in [-0.15, -0.1) is 0 Å². The molecule has 0 heterocycles. The molecule has 1 aromatic rings. The minimum absolute atomic E-state index is 0.0371. The zero-order valence-electron chi connectivity index (χ0n) is 11.5. The van der Waals surface area contributed by atoms with Crippen molar-refractivity contribution in [2.24, 2.45) is 0 Å². The summed E-state index contributed by atoms with van der Waals surface area (Å²) in [6.45, 7) is 5.87. The van der Waals surface area contributed by atoms with Gasteiger partial charge in [-0.2, -0.15) is 10.5 Å². The van der Waals surface area contributed by atoms with Crippen LogP contribution in [0.2, 0.25) is 0 Å². The van der Waals surface area contributed by atoms with Gasteiger partial charge >= 0.3 is 0 Å². The maximum atomic E-state index is 10.1. The fourth-order valence-electron chi connectivity index (χ4n) is 1.70. The third kappa shape index (κ3) is 3.60. The van der Waals surface area contributed by atoms with Crippen LogP contribution in [-0.4, -0.2) is 16.3 Å². The Morgan fingerprint density at radius 2 is 1.95 bits per heavy atom. The van der Waals surface area contributed by atoms with E-state index < -0.39 is 6.10 Å². The number of benzene rings is 1. The highest BCUT2D eigenvalue weighted by molar-refractivity contribution is 9.10. The Morgan fingerprint density at radius 1 is 1.35 bits per heavy atom. The molecule has 0 spiro atoms. The third-order valence-corrected chi connectivity index (χ3v) is 3.37. The number of aromatic hydroxyl groups is 1. The van der Waals surface area contributed by atoms with Gasteiger partial charge in [0.1, 0.15) is 5.75 Å². The standard InChI is InChI=1S/C15H15BrN2O2/c1-15(2,3)11-5-9(6-12(16)14(11)20)4-10(7-17)13(19)8-18/h4-6,13,19-20H,1-3H3/b10-4+. The number of hydrogen-bond acceptors (Lipinski definition) is 4. The summed E-state index contributed by atoms with van der Waals surface area (Å²) < 4.78 is 0.500. The molecule has 0 aliphatic heterocycles. The second kappa shape index (κ2) is 6.09. The van der Waals surface area contributed by atoms with E-state index in [2.05, 4.69) is 15.9 Å². The molecule has 0 aliphatic carbocycles. The van der Waals surface area contributed by atoms with E-state index in [9.17, 15) is 10.2 Å². The molecule has 1 rings (SSSR count). The molecule has 1 atom stereocenters. The topological polar surface area (TPSA) is 88.0 Å². The van der Waals surface area contributed by atoms with Crippen LogP contribution in [0.1, 0.15) is 31.9 Å². The summed E-state index contributed by atoms with van der Waals surface area (Å²) in [7, 11) is 0. The lowest BCUT2D eigenvalue weighted by Gasteiger charge is -2.21. The van der Waals surface area contributed by atoms with E-state index in [4.69, 9.17) is 10.5 Å². The van der Waals surface area contributed by atoms with Gasteiger partial charge in [-0.3, -0.25) is 0 Å². The first-order valence-corrected chi connectivity index (χ1v) is 6.72. The van der Waals surface area contributed by atoms with Gasteiger partial charge in [-0.1, -0.05) is 20.8 Å². The molecular weight excluding hydrogens is 320 g/mol. The molecule has 0 saturated heterocycles. The summed E-state index contributed by atoms with van der Waals surface area (Å²) in [5.74, 6) is 0.147. The average Bonchev–Trinajstić information content (AvgIpc) is 2.37. The van der Waals surface area contributed by atoms with E-state index in [-0.39, 0.29) is 16.7 Å². The zero-order valence-corrected chi connectivity index (χ0v) is 13.1. The maximum Gasteiger partial charge on any atom is 0.175 e. The smallest absolute Gasteiger partial charge is 0.175 e. The molecule has 0 aromatic heterocycles. The van der Waals surface area contributed by atoms with Crippen LogP contribution in [-0.2, 0) is 5.41 Å². The van der Waals surface area contributed by atoms with Crippen molar-refractivity contribution in [2.75, 3.05) is 0 Å². The average molecular weight is 335 g/mol. The highest BCUT2D eigenvalue weighted by atomic mass is 79.9. The summed E-state index contributed by atoms with van der Waals surface area (Å²) in [4.78, 5) is 0. The molecular formula is C15H15BrN2O2. The fourth-order valence-corrected chi connectivity index (χ4v) is 2.17. The first-order chi connectivity index (χ1) is 9.20. The number of aliphatic hydroxyl groups is 1. The van der Waals surface area contributed by atoms with E-state index in [0.29, 0.717) is 15.6 Å². The lowest BCUT2D eigenvalue weighted by atomic mass is 9.85. The van der Waals surface area contributed by atoms with Gasteiger partial charge in [-0.05, 0) is 45.1 Å². The summed E-state index contributed by atoms with van der Waals surface area (Å²) in [5.41, 5.74) is 1.02. The zero-order chi connectivity index (χ0) is 15.5. The Balaban J connectivity index is 3.43. The minimum atomic E-state index is -1.45. The van der Waals surface area contributed by atoms with Crippen LogP contribution in [0.4, 0.5) is 0 Å². The Kier molecular flexibility index (Phi) is 4.94. The number of halogens is 1. The molecule has 104 valence electrons. The Bertz CT molecular complexity index is 631. The van der Waals surface area contributed by atoms with E-state index >= 15 is 0 Å². The van der Waals surface area contributed by atoms with Crippen molar-refractivity contribution >= 4 is 22.0 Å². The van der Waals surface area contributed by atoms with Crippen LogP contribution in [0, 0.1) is 22.7 Å². The van der Waals surface area contributed by atoms with E-state index in [1.54, 1.807) is 24.3 Å². The van der Waals surface area contributed by atoms with Crippen LogP contribution < -0.4 is 0 Å². The number of aliphatic hydroxyl groups excluding tert-OH is 1. The Labute approximate surface area is 126 Å². The number of nitriles is 2. The fraction of sp³-hybridized carbons (Fsp3) is 0.333. The predicted octanol–water partition coefficient (Wildman–Crippen LogP) is 3.24. The molecule has 1 unspecified atom stereocenters. The normalized spacial score (nSPS) is 13.4. The first-order valence-electron chi connectivity index (χ1n) is 5.93. The molecule has 0 saturated carbocycles. The number of phenolic OH excluding ortho intramolecular Hbond substituents is 1. The largest absolute Gasteiger partial charge is 0.506 e. The summed E-state index contributed by atoms with van der Waals surface area (Å²) in [5, 5.41) is 37.1. The second-order valence-corrected chi connectivity index (χ2v) is 6.25. The Morgan fingerprint density at radius 3 is 2.40 bits per heavy atom. The van der Waals surface area contributed by atoms with E-state index in [0.717, 1.165) is 0 Å². The van der Waals surface area contributed by atoms with Crippen LogP contribution >= 0.6 is 15.9 Å². The maximum absolute atomic E-state index is 10.1. The van der Waals surface area contributed by atoms with Gasteiger partial charge in [0.25, 0.3) is 0 Å². The van der Waals surface area contributed by atoms with E-state index in [1.807, 2.05) is 20.8 Å².